The summed E-state index contributed by atoms with van der Waals surface area (Å²) in [4.78, 5) is 17.4. The molecular weight excluding hydrogens is 430 g/mol. The lowest BCUT2D eigenvalue weighted by atomic mass is 10.1. The average Bonchev–Trinajstić information content (AvgIpc) is 3.52. The Morgan fingerprint density at radius 2 is 1.97 bits per heavy atom. The lowest BCUT2D eigenvalue weighted by Gasteiger charge is -2.26. The van der Waals surface area contributed by atoms with Gasteiger partial charge in [0.05, 0.1) is 43.6 Å². The number of carbonyl (C=O) groups is 1. The van der Waals surface area contributed by atoms with E-state index in [0.717, 1.165) is 18.5 Å². The molecular formula is C19H23N3O6S2. The number of amides is 1. The number of anilines is 1. The number of thiazole rings is 1. The second-order valence-corrected chi connectivity index (χ2v) is 9.82. The van der Waals surface area contributed by atoms with E-state index in [9.17, 15) is 13.2 Å². The Labute approximate surface area is 179 Å². The number of hydrogen-bond acceptors (Lipinski definition) is 8. The predicted molar refractivity (Wildman–Crippen MR) is 111 cm³/mol. The van der Waals surface area contributed by atoms with Gasteiger partial charge in [-0.2, -0.15) is 4.31 Å². The number of ether oxygens (including phenoxy) is 3. The van der Waals surface area contributed by atoms with E-state index in [1.165, 1.54) is 42.0 Å². The molecule has 1 aromatic carbocycles. The van der Waals surface area contributed by atoms with Gasteiger partial charge in [-0.15, -0.1) is 11.3 Å². The largest absolute Gasteiger partial charge is 0.493 e. The standard InChI is InChI=1S/C19H23N3O6S2/c1-26-16-10-13(30(24,25)22-5-7-28-8-6-22)9-14(17(16)27-2)18(23)21-19-20-15(11-29-19)12-3-4-12/h9-12H,3-8H2,1-2H3,(H,20,21,23). The molecule has 30 heavy (non-hydrogen) atoms. The first kappa shape index (κ1) is 21.0. The number of methoxy groups -OCH3 is 2. The topological polar surface area (TPSA) is 107 Å². The Balaban J connectivity index is 1.67. The summed E-state index contributed by atoms with van der Waals surface area (Å²) < 4.78 is 43.5. The molecule has 1 saturated carbocycles. The maximum Gasteiger partial charge on any atom is 0.261 e. The van der Waals surface area contributed by atoms with E-state index in [0.29, 0.717) is 24.3 Å². The summed E-state index contributed by atoms with van der Waals surface area (Å²) in [6, 6.07) is 2.69. The highest BCUT2D eigenvalue weighted by atomic mass is 32.2. The van der Waals surface area contributed by atoms with Crippen LogP contribution in [0.15, 0.2) is 22.4 Å². The second kappa shape index (κ2) is 8.50. The lowest BCUT2D eigenvalue weighted by Crippen LogP contribution is -2.40. The fourth-order valence-corrected chi connectivity index (χ4v) is 5.51. The van der Waals surface area contributed by atoms with Crippen molar-refractivity contribution >= 4 is 32.4 Å². The zero-order valence-electron chi connectivity index (χ0n) is 16.7. The number of rotatable bonds is 7. The highest BCUT2D eigenvalue weighted by Crippen LogP contribution is 2.41. The number of benzene rings is 1. The van der Waals surface area contributed by atoms with E-state index in [-0.39, 0.29) is 35.0 Å². The summed E-state index contributed by atoms with van der Waals surface area (Å²) in [5, 5.41) is 5.15. The first-order chi connectivity index (χ1) is 14.4. The smallest absolute Gasteiger partial charge is 0.261 e. The number of sulfonamides is 1. The molecule has 1 aliphatic carbocycles. The summed E-state index contributed by atoms with van der Waals surface area (Å²) in [7, 11) is -1.02. The van der Waals surface area contributed by atoms with Gasteiger partial charge in [-0.05, 0) is 18.9 Å². The fraction of sp³-hybridized carbons (Fsp3) is 0.474. The van der Waals surface area contributed by atoms with Gasteiger partial charge in [-0.1, -0.05) is 0 Å². The minimum Gasteiger partial charge on any atom is -0.493 e. The third kappa shape index (κ3) is 4.15. The quantitative estimate of drug-likeness (QED) is 0.685. The molecule has 2 heterocycles. The van der Waals surface area contributed by atoms with E-state index < -0.39 is 15.9 Å². The van der Waals surface area contributed by atoms with Gasteiger partial charge >= 0.3 is 0 Å². The van der Waals surface area contributed by atoms with Crippen molar-refractivity contribution in [3.05, 3.63) is 28.8 Å². The summed E-state index contributed by atoms with van der Waals surface area (Å²) >= 11 is 1.34. The molecule has 1 N–H and O–H groups in total. The van der Waals surface area contributed by atoms with Crippen molar-refractivity contribution in [3.63, 3.8) is 0 Å². The summed E-state index contributed by atoms with van der Waals surface area (Å²) in [5.41, 5.74) is 1.04. The Morgan fingerprint density at radius 1 is 1.23 bits per heavy atom. The van der Waals surface area contributed by atoms with E-state index in [2.05, 4.69) is 10.3 Å². The number of nitrogens with one attached hydrogen (secondary N) is 1. The molecule has 4 rings (SSSR count). The molecule has 1 aromatic heterocycles. The molecule has 0 atom stereocenters. The van der Waals surface area contributed by atoms with Crippen LogP contribution in [-0.2, 0) is 14.8 Å². The van der Waals surface area contributed by atoms with Crippen LogP contribution in [0.5, 0.6) is 11.5 Å². The van der Waals surface area contributed by atoms with Crippen LogP contribution in [0.25, 0.3) is 0 Å². The van der Waals surface area contributed by atoms with Gasteiger partial charge in [0, 0.05) is 30.5 Å². The Morgan fingerprint density at radius 3 is 2.60 bits per heavy atom. The molecule has 9 nitrogen and oxygen atoms in total. The summed E-state index contributed by atoms with van der Waals surface area (Å²) in [6.45, 7) is 1.16. The Bertz CT molecular complexity index is 1040. The third-order valence-corrected chi connectivity index (χ3v) is 7.70. The minimum atomic E-state index is -3.82. The van der Waals surface area contributed by atoms with Crippen LogP contribution in [0, 0.1) is 0 Å². The third-order valence-electron chi connectivity index (χ3n) is 5.04. The van der Waals surface area contributed by atoms with Crippen LogP contribution >= 0.6 is 11.3 Å². The van der Waals surface area contributed by atoms with Crippen molar-refractivity contribution < 1.29 is 27.4 Å². The average molecular weight is 454 g/mol. The normalized spacial score (nSPS) is 17.5. The van der Waals surface area contributed by atoms with Crippen molar-refractivity contribution in [2.45, 2.75) is 23.7 Å². The number of morpholine rings is 1. The number of nitrogens with zero attached hydrogens (tertiary/aromatic N) is 2. The summed E-state index contributed by atoms with van der Waals surface area (Å²) in [5.74, 6) is 0.286. The maximum atomic E-state index is 13.1. The van der Waals surface area contributed by atoms with Crippen LogP contribution in [0.3, 0.4) is 0 Å². The van der Waals surface area contributed by atoms with Crippen molar-refractivity contribution in [3.8, 4) is 11.5 Å². The first-order valence-electron chi connectivity index (χ1n) is 9.54. The monoisotopic (exact) mass is 453 g/mol. The molecule has 11 heteroatoms. The molecule has 162 valence electrons. The van der Waals surface area contributed by atoms with E-state index in [4.69, 9.17) is 14.2 Å². The summed E-state index contributed by atoms with van der Waals surface area (Å²) in [6.07, 6.45) is 2.23. The van der Waals surface area contributed by atoms with Crippen molar-refractivity contribution in [2.24, 2.45) is 0 Å². The SMILES string of the molecule is COc1cc(S(=O)(=O)N2CCOCC2)cc(C(=O)Nc2nc(C3CC3)cs2)c1OC. The van der Waals surface area contributed by atoms with Crippen molar-refractivity contribution in [1.82, 2.24) is 9.29 Å². The Kier molecular flexibility index (Phi) is 5.96. The fourth-order valence-electron chi connectivity index (χ4n) is 3.27. The minimum absolute atomic E-state index is 0.0370. The molecule has 2 aromatic rings. The first-order valence-corrected chi connectivity index (χ1v) is 11.9. The van der Waals surface area contributed by atoms with Gasteiger partial charge < -0.3 is 14.2 Å². The van der Waals surface area contributed by atoms with Crippen LogP contribution in [0.1, 0.15) is 34.8 Å². The number of aromatic nitrogens is 1. The van der Waals surface area contributed by atoms with Gasteiger partial charge in [-0.3, -0.25) is 10.1 Å². The second-order valence-electron chi connectivity index (χ2n) is 7.03. The predicted octanol–water partition coefficient (Wildman–Crippen LogP) is 2.31. The van der Waals surface area contributed by atoms with Crippen molar-refractivity contribution in [1.29, 1.82) is 0 Å². The Hall–Kier alpha value is -2.21. The maximum absolute atomic E-state index is 13.1. The lowest BCUT2D eigenvalue weighted by molar-refractivity contribution is 0.0730. The van der Waals surface area contributed by atoms with Gasteiger partial charge in [0.15, 0.2) is 16.6 Å². The number of hydrogen-bond donors (Lipinski definition) is 1. The van der Waals surface area contributed by atoms with E-state index in [1.807, 2.05) is 5.38 Å². The molecule has 1 amide bonds. The van der Waals surface area contributed by atoms with Gasteiger partial charge in [0.25, 0.3) is 5.91 Å². The molecule has 1 aliphatic heterocycles. The van der Waals surface area contributed by atoms with Crippen LogP contribution in [0.2, 0.25) is 0 Å². The van der Waals surface area contributed by atoms with Gasteiger partial charge in [0.2, 0.25) is 10.0 Å². The van der Waals surface area contributed by atoms with E-state index >= 15 is 0 Å². The van der Waals surface area contributed by atoms with Crippen LogP contribution in [0.4, 0.5) is 5.13 Å². The molecule has 0 bridgehead atoms. The molecule has 0 unspecified atom stereocenters. The molecule has 0 radical (unpaired) electrons. The van der Waals surface area contributed by atoms with Crippen molar-refractivity contribution in [2.75, 3.05) is 45.8 Å². The van der Waals surface area contributed by atoms with Crippen LogP contribution < -0.4 is 14.8 Å². The highest BCUT2D eigenvalue weighted by molar-refractivity contribution is 7.89. The molecule has 2 fully saturated rings. The number of carbonyl (C=O) groups excluding carboxylic acids is 1. The van der Waals surface area contributed by atoms with E-state index in [1.54, 1.807) is 0 Å². The molecule has 2 aliphatic rings. The highest BCUT2D eigenvalue weighted by Gasteiger charge is 2.31. The zero-order valence-corrected chi connectivity index (χ0v) is 18.3. The molecule has 0 spiro atoms. The van der Waals surface area contributed by atoms with Crippen LogP contribution in [-0.4, -0.2) is 64.1 Å². The zero-order chi connectivity index (χ0) is 21.3. The van der Waals surface area contributed by atoms with Gasteiger partial charge in [0.1, 0.15) is 0 Å². The van der Waals surface area contributed by atoms with Gasteiger partial charge in [-0.25, -0.2) is 13.4 Å². The molecule has 1 saturated heterocycles.